The maximum Gasteiger partial charge on any atom is 0.253 e. The molecule has 4 atom stereocenters. The van der Waals surface area contributed by atoms with Gasteiger partial charge in [-0.1, -0.05) is 72.7 Å². The summed E-state index contributed by atoms with van der Waals surface area (Å²) in [6.07, 6.45) is 1.69. The highest BCUT2D eigenvalue weighted by molar-refractivity contribution is 7.13. The minimum Gasteiger partial charge on any atom is -0.489 e. The minimum atomic E-state index is -0.894. The molecular weight excluding hydrogens is 993 g/mol. The molecule has 8 rings (SSSR count). The van der Waals surface area contributed by atoms with E-state index in [1.165, 1.54) is 4.90 Å². The van der Waals surface area contributed by atoms with Gasteiger partial charge in [-0.3, -0.25) is 29.0 Å². The number of likely N-dealkylation sites (tertiary alicyclic amines) is 1. The van der Waals surface area contributed by atoms with Gasteiger partial charge < -0.3 is 40.5 Å². The molecule has 4 amide bonds. The van der Waals surface area contributed by atoms with Crippen molar-refractivity contribution in [2.45, 2.75) is 112 Å². The van der Waals surface area contributed by atoms with E-state index in [1.807, 2.05) is 82.6 Å². The zero-order valence-electron chi connectivity index (χ0n) is 46.1. The van der Waals surface area contributed by atoms with E-state index in [4.69, 9.17) is 9.72 Å². The number of nitriles is 2. The van der Waals surface area contributed by atoms with Crippen LogP contribution in [0, 0.1) is 45.8 Å². The van der Waals surface area contributed by atoms with Gasteiger partial charge in [-0.05, 0) is 80.2 Å². The Morgan fingerprint density at radius 3 is 2.06 bits per heavy atom. The predicted octanol–water partition coefficient (Wildman–Crippen LogP) is 5.37. The highest BCUT2D eigenvalue weighted by Gasteiger charge is 2.64. The predicted molar refractivity (Wildman–Crippen MR) is 296 cm³/mol. The van der Waals surface area contributed by atoms with Crippen LogP contribution in [0.1, 0.15) is 107 Å². The topological polar surface area (TPSA) is 223 Å². The van der Waals surface area contributed by atoms with Gasteiger partial charge in [-0.2, -0.15) is 10.5 Å². The second-order valence-corrected chi connectivity index (χ2v) is 24.4. The number of nitrogens with zero attached hydrogens (tertiary/aromatic N) is 9. The molecule has 1 saturated carbocycles. The first kappa shape index (κ1) is 56.7. The summed E-state index contributed by atoms with van der Waals surface area (Å²) in [6, 6.07) is 18.5. The number of aryl methyl sites for hydroxylation is 1. The molecule has 5 heterocycles. The van der Waals surface area contributed by atoms with Crippen LogP contribution in [0.4, 0.5) is 5.82 Å². The number of nitrogens with one attached hydrogen (secondary N) is 3. The van der Waals surface area contributed by atoms with Crippen LogP contribution in [0.15, 0.2) is 66.3 Å². The Bertz CT molecular complexity index is 2820. The number of β-amino-alcohol motifs (C(OH)–C–C–N with tert-alkyl or cyclic N) is 1. The molecule has 0 bridgehead atoms. The Labute approximate surface area is 457 Å². The number of anilines is 1. The fourth-order valence-corrected chi connectivity index (χ4v) is 12.8. The van der Waals surface area contributed by atoms with Crippen LogP contribution in [0.3, 0.4) is 0 Å². The third-order valence-corrected chi connectivity index (χ3v) is 17.1. The Morgan fingerprint density at radius 1 is 0.844 bits per heavy atom. The standard InChI is InChI=1S/C58H76N12O6S/c1-37(39-11-13-40(14-12-39)49-38(2)62-36-77-49)63-52(74)46-30-44(71)34-70(46)53(75)50(56(3,4)5)64-48(72)35-68-23-21-66(22-24-68)19-10-20-67-25-27-69(28-26-67)47-18-16-42(33-61-47)51(73)65-54-57(6,7)55(58(54,8)9)76-45-17-15-41(31-59)43(29-45)32-60/h11-18,29,33,36-37,44,46,50,54-55,71H,10,19-28,30,34-35H2,1-9H3,(H,63,74)(H,64,72)(H,65,73)/t37?,44-,46+,50?,54?,55?/m1/s1. The fraction of sp³-hybridized carbons (Fsp3) is 0.552. The van der Waals surface area contributed by atoms with Gasteiger partial charge in [0.05, 0.1) is 51.5 Å². The largest absolute Gasteiger partial charge is 0.489 e. The van der Waals surface area contributed by atoms with E-state index in [0.717, 1.165) is 99.4 Å². The fourth-order valence-electron chi connectivity index (χ4n) is 12.0. The van der Waals surface area contributed by atoms with Gasteiger partial charge >= 0.3 is 0 Å². The van der Waals surface area contributed by atoms with Crippen LogP contribution in [0.5, 0.6) is 5.75 Å². The van der Waals surface area contributed by atoms with Gasteiger partial charge in [0.15, 0.2) is 0 Å². The molecule has 19 heteroatoms. The van der Waals surface area contributed by atoms with Crippen molar-refractivity contribution in [3.05, 3.63) is 94.3 Å². The zero-order valence-corrected chi connectivity index (χ0v) is 47.0. The molecule has 4 aliphatic rings. The molecule has 0 radical (unpaired) electrons. The number of aromatic nitrogens is 2. The van der Waals surface area contributed by atoms with Gasteiger partial charge in [0, 0.05) is 88.4 Å². The van der Waals surface area contributed by atoms with E-state index < -0.39 is 34.4 Å². The van der Waals surface area contributed by atoms with E-state index in [-0.39, 0.29) is 66.9 Å². The Kier molecular flexibility index (Phi) is 17.4. The molecule has 4 fully saturated rings. The first-order valence-electron chi connectivity index (χ1n) is 27.0. The van der Waals surface area contributed by atoms with Gasteiger partial charge in [-0.15, -0.1) is 11.3 Å². The molecule has 2 aromatic carbocycles. The second kappa shape index (κ2) is 23.6. The van der Waals surface area contributed by atoms with Crippen LogP contribution >= 0.6 is 11.3 Å². The van der Waals surface area contributed by atoms with E-state index in [0.29, 0.717) is 16.9 Å². The molecule has 1 aliphatic carbocycles. The molecule has 2 aromatic heterocycles. The number of rotatable bonds is 17. The van der Waals surface area contributed by atoms with E-state index >= 15 is 0 Å². The number of carbonyl (C=O) groups excluding carboxylic acids is 4. The van der Waals surface area contributed by atoms with Crippen molar-refractivity contribution in [2.24, 2.45) is 16.2 Å². The Balaban J connectivity index is 0.729. The summed E-state index contributed by atoms with van der Waals surface area (Å²) in [5, 5.41) is 38.9. The molecule has 18 nitrogen and oxygen atoms in total. The number of carbonyl (C=O) groups is 4. The SMILES string of the molecule is Cc1ncsc1-c1ccc(C(C)NC(=O)[C@@H]2C[C@@H](O)CN2C(=O)C(NC(=O)CN2CCN(CCCN3CCN(c4ccc(C(=O)NC5C(C)(C)C(Oc6ccc(C#N)c(C#N)c6)C5(C)C)cn4)CC3)CC2)C(C)(C)C)cc1. The molecule has 4 N–H and O–H groups in total. The zero-order chi connectivity index (χ0) is 55.4. The van der Waals surface area contributed by atoms with Crippen molar-refractivity contribution < 1.29 is 29.0 Å². The number of aliphatic hydroxyl groups excluding tert-OH is 1. The summed E-state index contributed by atoms with van der Waals surface area (Å²) in [6.45, 7) is 26.6. The molecule has 77 heavy (non-hydrogen) atoms. The number of hydrogen-bond donors (Lipinski definition) is 4. The number of benzene rings is 2. The van der Waals surface area contributed by atoms with E-state index in [2.05, 4.69) is 74.3 Å². The lowest BCUT2D eigenvalue weighted by Crippen LogP contribution is -2.74. The number of hydrogen-bond acceptors (Lipinski definition) is 15. The van der Waals surface area contributed by atoms with Crippen molar-refractivity contribution in [1.82, 2.24) is 45.5 Å². The van der Waals surface area contributed by atoms with Crippen molar-refractivity contribution in [2.75, 3.05) is 83.4 Å². The molecule has 410 valence electrons. The van der Waals surface area contributed by atoms with Gasteiger partial charge in [0.2, 0.25) is 17.7 Å². The van der Waals surface area contributed by atoms with Crippen LogP contribution in [-0.4, -0.2) is 167 Å². The van der Waals surface area contributed by atoms with Crippen molar-refractivity contribution >= 4 is 40.8 Å². The summed E-state index contributed by atoms with van der Waals surface area (Å²) < 4.78 is 6.39. The normalized spacial score (nSPS) is 22.4. The molecular formula is C58H76N12O6S. The number of piperazine rings is 2. The molecule has 2 unspecified atom stereocenters. The number of amides is 4. The lowest BCUT2D eigenvalue weighted by molar-refractivity contribution is -0.164. The summed E-state index contributed by atoms with van der Waals surface area (Å²) in [5.74, 6) is 0.205. The lowest BCUT2D eigenvalue weighted by atomic mass is 9.49. The number of pyridine rings is 1. The number of thiazole rings is 1. The lowest BCUT2D eigenvalue weighted by Gasteiger charge is -2.63. The molecule has 4 aromatic rings. The Morgan fingerprint density at radius 2 is 1.48 bits per heavy atom. The van der Waals surface area contributed by atoms with Crippen LogP contribution in [-0.2, 0) is 14.4 Å². The first-order valence-corrected chi connectivity index (χ1v) is 27.8. The number of aliphatic hydroxyl groups is 1. The highest BCUT2D eigenvalue weighted by Crippen LogP contribution is 2.55. The average molecular weight is 1070 g/mol. The highest BCUT2D eigenvalue weighted by atomic mass is 32.1. The smallest absolute Gasteiger partial charge is 0.253 e. The van der Waals surface area contributed by atoms with Crippen molar-refractivity contribution in [3.63, 3.8) is 0 Å². The third-order valence-electron chi connectivity index (χ3n) is 16.1. The Hall–Kier alpha value is -6.48. The van der Waals surface area contributed by atoms with E-state index in [9.17, 15) is 34.8 Å². The van der Waals surface area contributed by atoms with Crippen molar-refractivity contribution in [1.29, 1.82) is 10.5 Å². The van der Waals surface area contributed by atoms with Crippen LogP contribution < -0.4 is 25.6 Å². The second-order valence-electron chi connectivity index (χ2n) is 23.6. The average Bonchev–Trinajstić information content (AvgIpc) is 4.20. The van der Waals surface area contributed by atoms with Crippen LogP contribution in [0.2, 0.25) is 0 Å². The third kappa shape index (κ3) is 12.9. The van der Waals surface area contributed by atoms with E-state index in [1.54, 1.807) is 35.7 Å². The maximum atomic E-state index is 14.3. The summed E-state index contributed by atoms with van der Waals surface area (Å²) >= 11 is 1.58. The van der Waals surface area contributed by atoms with Gasteiger partial charge in [0.25, 0.3) is 5.91 Å². The van der Waals surface area contributed by atoms with Gasteiger partial charge in [-0.25, -0.2) is 9.97 Å². The quantitative estimate of drug-likeness (QED) is 0.104. The first-order chi connectivity index (χ1) is 36.6. The molecule has 0 spiro atoms. The maximum absolute atomic E-state index is 14.3. The summed E-state index contributed by atoms with van der Waals surface area (Å²) in [4.78, 5) is 76.1. The van der Waals surface area contributed by atoms with Crippen molar-refractivity contribution in [3.8, 4) is 28.3 Å². The van der Waals surface area contributed by atoms with Crippen LogP contribution in [0.25, 0.3) is 10.4 Å². The molecule has 3 saturated heterocycles. The minimum absolute atomic E-state index is 0.0146. The summed E-state index contributed by atoms with van der Waals surface area (Å²) in [7, 11) is 0. The molecule has 3 aliphatic heterocycles. The number of ether oxygens (including phenoxy) is 1. The monoisotopic (exact) mass is 1070 g/mol. The summed E-state index contributed by atoms with van der Waals surface area (Å²) in [5.41, 5.74) is 4.34. The van der Waals surface area contributed by atoms with Gasteiger partial charge in [0.1, 0.15) is 41.9 Å².